The average molecular weight is 1440 g/mol. The van der Waals surface area contributed by atoms with Gasteiger partial charge in [0.2, 0.25) is 0 Å². The van der Waals surface area contributed by atoms with Gasteiger partial charge in [0.1, 0.15) is 22.3 Å². The second kappa shape index (κ2) is 27.3. The number of hydrogen-bond donors (Lipinski definition) is 0. The summed E-state index contributed by atoms with van der Waals surface area (Å²) in [5.74, 6) is 0. The molecule has 1 saturated heterocycles. The minimum Gasteiger partial charge on any atom is -0.455 e. The monoisotopic (exact) mass is 1430 g/mol. The average Bonchev–Trinajstić information content (AvgIpc) is 1.16. The van der Waals surface area contributed by atoms with E-state index < -0.39 is 0 Å². The summed E-state index contributed by atoms with van der Waals surface area (Å²) in [5.41, 5.74) is 21.3. The molecule has 19 rings (SSSR count). The molecule has 0 aliphatic carbocycles. The van der Waals surface area contributed by atoms with E-state index in [9.17, 15) is 0 Å². The van der Waals surface area contributed by atoms with Crippen LogP contribution in [0.4, 0.5) is 0 Å². The lowest BCUT2D eigenvalue weighted by Gasteiger charge is -2.32. The Morgan fingerprint density at radius 3 is 0.981 bits per heavy atom. The maximum Gasteiger partial charge on any atom is 0.494 e. The summed E-state index contributed by atoms with van der Waals surface area (Å²) in [6, 6.07) is 121. The number of para-hydroxylation sites is 4. The Bertz CT molecular complexity index is 6210. The molecule has 2 aromatic heterocycles. The van der Waals surface area contributed by atoms with Crippen molar-refractivity contribution in [1.29, 1.82) is 0 Å². The van der Waals surface area contributed by atoms with Crippen molar-refractivity contribution in [2.75, 3.05) is 0 Å². The summed E-state index contributed by atoms with van der Waals surface area (Å²) in [5, 5.41) is 14.4. The van der Waals surface area contributed by atoms with Crippen LogP contribution < -0.4 is 5.46 Å². The maximum absolute atomic E-state index is 6.57. The highest BCUT2D eigenvalue weighted by Crippen LogP contribution is 2.50. The molecular weight excluding hydrogens is 1360 g/mol. The first-order valence-electron chi connectivity index (χ1n) is 36.7. The highest BCUT2D eigenvalue weighted by atomic mass is 79.9. The van der Waals surface area contributed by atoms with Crippen molar-refractivity contribution in [1.82, 2.24) is 0 Å². The Morgan fingerprint density at radius 1 is 0.264 bits per heavy atom. The van der Waals surface area contributed by atoms with Crippen molar-refractivity contribution in [2.45, 2.75) is 77.4 Å². The van der Waals surface area contributed by atoms with Crippen LogP contribution in [0.2, 0.25) is 0 Å². The third-order valence-electron chi connectivity index (χ3n) is 22.6. The van der Waals surface area contributed by atoms with Gasteiger partial charge in [0.25, 0.3) is 0 Å². The van der Waals surface area contributed by atoms with Gasteiger partial charge in [-0.2, -0.15) is 0 Å². The molecule has 1 fully saturated rings. The molecular formula is C100H80BBrO4. The SMILES string of the molecule is Brc1cccc(-c2c3ccccc3c(-c3cccc4c3oc3ccccc34)c3ccccc23)c1.CC(C)(c1ccccc1)c1ccc(-c2cccc(-c3c4ccccc4c(-c4cccc5c4oc4ccccc45)c4ccccc34)c2)cc1.CC(C)(c1ccccc1)c1ccc(B2OC(C)(C)C(C)(C)O2)cc1. The van der Waals surface area contributed by atoms with E-state index in [-0.39, 0.29) is 29.2 Å². The topological polar surface area (TPSA) is 44.7 Å². The van der Waals surface area contributed by atoms with Crippen LogP contribution in [0.3, 0.4) is 0 Å². The maximum atomic E-state index is 6.57. The second-order valence-corrected chi connectivity index (χ2v) is 31.0. The van der Waals surface area contributed by atoms with Crippen molar-refractivity contribution in [3.05, 3.63) is 366 Å². The van der Waals surface area contributed by atoms with Crippen molar-refractivity contribution in [3.8, 4) is 55.6 Å². The first-order valence-corrected chi connectivity index (χ1v) is 37.5. The number of halogens is 1. The summed E-state index contributed by atoms with van der Waals surface area (Å²) in [7, 11) is -0.302. The Balaban J connectivity index is 0.000000125. The Kier molecular flexibility index (Phi) is 17.4. The van der Waals surface area contributed by atoms with E-state index in [1.54, 1.807) is 0 Å². The van der Waals surface area contributed by atoms with Crippen LogP contribution >= 0.6 is 15.9 Å². The lowest BCUT2D eigenvalue weighted by Crippen LogP contribution is -2.41. The molecule has 16 aromatic carbocycles. The quantitative estimate of drug-likeness (QED) is 0.101. The van der Waals surface area contributed by atoms with Crippen LogP contribution in [-0.4, -0.2) is 18.3 Å². The largest absolute Gasteiger partial charge is 0.494 e. The van der Waals surface area contributed by atoms with Gasteiger partial charge in [-0.25, -0.2) is 0 Å². The summed E-state index contributed by atoms with van der Waals surface area (Å²) in [4.78, 5) is 0. The van der Waals surface area contributed by atoms with E-state index >= 15 is 0 Å². The van der Waals surface area contributed by atoms with Crippen LogP contribution in [0.15, 0.2) is 353 Å². The summed E-state index contributed by atoms with van der Waals surface area (Å²) in [6.45, 7) is 17.4. The predicted molar refractivity (Wildman–Crippen MR) is 452 cm³/mol. The predicted octanol–water partition coefficient (Wildman–Crippen LogP) is 27.5. The third kappa shape index (κ3) is 12.1. The molecule has 3 heterocycles. The molecule has 0 amide bonds. The fraction of sp³-hybridized carbons (Fsp3) is 0.120. The minimum absolute atomic E-state index is 0.0320. The number of hydrogen-bond acceptors (Lipinski definition) is 4. The Morgan fingerprint density at radius 2 is 0.575 bits per heavy atom. The highest BCUT2D eigenvalue weighted by molar-refractivity contribution is 9.10. The van der Waals surface area contributed by atoms with Gasteiger partial charge >= 0.3 is 7.12 Å². The van der Waals surface area contributed by atoms with Crippen molar-refractivity contribution in [3.63, 3.8) is 0 Å². The summed E-state index contributed by atoms with van der Waals surface area (Å²) < 4.78 is 26.4. The van der Waals surface area contributed by atoms with Crippen molar-refractivity contribution < 1.29 is 18.1 Å². The van der Waals surface area contributed by atoms with Gasteiger partial charge in [0.05, 0.1) is 11.2 Å². The first kappa shape index (κ1) is 67.8. The van der Waals surface area contributed by atoms with Crippen LogP contribution in [0, 0.1) is 0 Å². The zero-order valence-corrected chi connectivity index (χ0v) is 62.5. The number of fused-ring (bicyclic) bond motifs is 10. The fourth-order valence-electron chi connectivity index (χ4n) is 16.0. The van der Waals surface area contributed by atoms with E-state index in [0.717, 1.165) is 64.9 Å². The second-order valence-electron chi connectivity index (χ2n) is 30.1. The van der Waals surface area contributed by atoms with Gasteiger partial charge in [-0.15, -0.1) is 0 Å². The van der Waals surface area contributed by atoms with E-state index in [1.165, 1.54) is 110 Å². The molecule has 0 saturated carbocycles. The Labute approximate surface area is 628 Å². The molecule has 106 heavy (non-hydrogen) atoms. The van der Waals surface area contributed by atoms with Crippen LogP contribution in [0.1, 0.15) is 77.6 Å². The van der Waals surface area contributed by atoms with Crippen LogP contribution in [0.25, 0.3) is 143 Å². The molecule has 18 aromatic rings. The molecule has 0 unspecified atom stereocenters. The van der Waals surface area contributed by atoms with Gasteiger partial charge in [-0.05, 0) is 162 Å². The van der Waals surface area contributed by atoms with Gasteiger partial charge in [-0.1, -0.05) is 353 Å². The van der Waals surface area contributed by atoms with E-state index in [1.807, 2.05) is 18.2 Å². The van der Waals surface area contributed by atoms with E-state index in [2.05, 4.69) is 393 Å². The number of furan rings is 2. The normalized spacial score (nSPS) is 13.6. The zero-order valence-electron chi connectivity index (χ0n) is 60.9. The standard InChI is InChI=1S/C47H34O.C32H19BrO.C21H27BO2/c1-47(2,34-16-4-3-5-17-34)35-28-26-31(27-29-35)32-14-12-15-33(30-32)44-37-19-6-8-21-39(37)45(40-22-9-7-20-38(40)44)42-24-13-23-41-36-18-10-11-25-43(36)48-46(41)42;33-21-10-7-9-20(19-21)30-23-12-1-3-14-25(23)31(26-15-4-2-13-24(26)30)28-17-8-16-27-22-11-5-6-18-29(22)34-32(27)28;1-19(2,16-10-8-7-9-11-16)17-12-14-18(15-13-17)22-23-20(3,4)21(5,6)24-22/h3-30H,1-2H3;1-19H;7-15H,1-6H3. The van der Waals surface area contributed by atoms with E-state index in [0.29, 0.717) is 0 Å². The fourth-order valence-corrected chi connectivity index (χ4v) is 16.4. The van der Waals surface area contributed by atoms with Gasteiger partial charge in [-0.3, -0.25) is 0 Å². The van der Waals surface area contributed by atoms with Crippen molar-refractivity contribution in [2.24, 2.45) is 0 Å². The zero-order chi connectivity index (χ0) is 72.5. The van der Waals surface area contributed by atoms with E-state index in [4.69, 9.17) is 18.1 Å². The smallest absolute Gasteiger partial charge is 0.455 e. The third-order valence-corrected chi connectivity index (χ3v) is 23.1. The minimum atomic E-state index is -0.306. The van der Waals surface area contributed by atoms with Gasteiger partial charge in [0.15, 0.2) is 0 Å². The molecule has 6 heteroatoms. The summed E-state index contributed by atoms with van der Waals surface area (Å²) in [6.07, 6.45) is 0. The lowest BCUT2D eigenvalue weighted by atomic mass is 9.74. The highest BCUT2D eigenvalue weighted by Gasteiger charge is 2.51. The number of rotatable bonds is 10. The lowest BCUT2D eigenvalue weighted by molar-refractivity contribution is 0.00578. The Hall–Kier alpha value is -11.4. The van der Waals surface area contributed by atoms with Gasteiger partial charge in [0, 0.05) is 59.1 Å². The molecule has 0 bridgehead atoms. The molecule has 4 nitrogen and oxygen atoms in total. The molecule has 1 aliphatic rings. The summed E-state index contributed by atoms with van der Waals surface area (Å²) >= 11 is 3.67. The molecule has 0 radical (unpaired) electrons. The van der Waals surface area contributed by atoms with Gasteiger partial charge < -0.3 is 18.1 Å². The number of benzene rings is 16. The van der Waals surface area contributed by atoms with Crippen LogP contribution in [-0.2, 0) is 20.1 Å². The molecule has 1 aliphatic heterocycles. The van der Waals surface area contributed by atoms with Crippen molar-refractivity contribution >= 4 is 115 Å². The molecule has 0 N–H and O–H groups in total. The molecule has 514 valence electrons. The molecule has 0 spiro atoms. The first-order chi connectivity index (χ1) is 51.5. The van der Waals surface area contributed by atoms with Crippen LogP contribution in [0.5, 0.6) is 0 Å². The molecule has 0 atom stereocenters.